The number of rotatable bonds is 4. The zero-order valence-electron chi connectivity index (χ0n) is 10.9. The highest BCUT2D eigenvalue weighted by molar-refractivity contribution is 5.96. The topological polar surface area (TPSA) is 83.6 Å². The quantitative estimate of drug-likeness (QED) is 0.808. The smallest absolute Gasteiger partial charge is 0.306 e. The van der Waals surface area contributed by atoms with Crippen LogP contribution in [0, 0.1) is 5.92 Å². The number of carboxylic acid groups (broad SMARTS) is 1. The molecule has 0 aromatic heterocycles. The molecule has 1 aliphatic rings. The Labute approximate surface area is 112 Å². The van der Waals surface area contributed by atoms with E-state index in [-0.39, 0.29) is 5.91 Å². The van der Waals surface area contributed by atoms with E-state index in [1.54, 1.807) is 17.9 Å². The molecule has 3 N–H and O–H groups in total. The van der Waals surface area contributed by atoms with Crippen LogP contribution in [-0.2, 0) is 16.0 Å². The number of aliphatic carboxylic acids is 1. The van der Waals surface area contributed by atoms with Crippen molar-refractivity contribution in [3.63, 3.8) is 0 Å². The predicted molar refractivity (Wildman–Crippen MR) is 72.9 cm³/mol. The van der Waals surface area contributed by atoms with Gasteiger partial charge < -0.3 is 15.7 Å². The molecule has 0 saturated heterocycles. The van der Waals surface area contributed by atoms with Gasteiger partial charge in [0.05, 0.1) is 5.92 Å². The van der Waals surface area contributed by atoms with Gasteiger partial charge in [-0.15, -0.1) is 0 Å². The summed E-state index contributed by atoms with van der Waals surface area (Å²) in [4.78, 5) is 24.5. The Morgan fingerprint density at radius 1 is 1.47 bits per heavy atom. The molecule has 1 atom stereocenters. The van der Waals surface area contributed by atoms with Gasteiger partial charge in [0.25, 0.3) is 0 Å². The number of carboxylic acids is 1. The number of nitrogens with zero attached hydrogens (tertiary/aromatic N) is 1. The molecule has 1 aliphatic heterocycles. The molecule has 0 bridgehead atoms. The first-order chi connectivity index (χ1) is 8.99. The summed E-state index contributed by atoms with van der Waals surface area (Å²) in [5.41, 5.74) is 8.35. The first kappa shape index (κ1) is 13.4. The van der Waals surface area contributed by atoms with Gasteiger partial charge in [-0.2, -0.15) is 0 Å². The Hall–Kier alpha value is -2.04. The third kappa shape index (κ3) is 2.86. The lowest BCUT2D eigenvalue weighted by Crippen LogP contribution is -2.37. The second-order valence-electron chi connectivity index (χ2n) is 4.96. The minimum absolute atomic E-state index is 0.0508. The third-order valence-corrected chi connectivity index (χ3v) is 3.51. The van der Waals surface area contributed by atoms with Crippen LogP contribution in [0.1, 0.15) is 25.3 Å². The molecule has 102 valence electrons. The summed E-state index contributed by atoms with van der Waals surface area (Å²) in [6.07, 6.45) is 1.60. The number of carbonyl (C=O) groups is 2. The monoisotopic (exact) mass is 262 g/mol. The maximum absolute atomic E-state index is 12.0. The Kier molecular flexibility index (Phi) is 3.74. The van der Waals surface area contributed by atoms with Gasteiger partial charge in [0.1, 0.15) is 0 Å². The fraction of sp³-hybridized carbons (Fsp3) is 0.429. The summed E-state index contributed by atoms with van der Waals surface area (Å²) in [5, 5.41) is 8.89. The third-order valence-electron chi connectivity index (χ3n) is 3.51. The van der Waals surface area contributed by atoms with E-state index in [2.05, 4.69) is 0 Å². The molecule has 0 radical (unpaired) electrons. The summed E-state index contributed by atoms with van der Waals surface area (Å²) >= 11 is 0. The van der Waals surface area contributed by atoms with Crippen LogP contribution in [0.5, 0.6) is 0 Å². The number of carbonyl (C=O) groups excluding carboxylic acids is 1. The highest BCUT2D eigenvalue weighted by Crippen LogP contribution is 2.29. The molecule has 19 heavy (non-hydrogen) atoms. The van der Waals surface area contributed by atoms with Gasteiger partial charge in [-0.3, -0.25) is 9.59 Å². The van der Waals surface area contributed by atoms with Gasteiger partial charge in [-0.1, -0.05) is 6.92 Å². The van der Waals surface area contributed by atoms with E-state index in [9.17, 15) is 9.59 Å². The van der Waals surface area contributed by atoms with Crippen LogP contribution in [-0.4, -0.2) is 23.5 Å². The van der Waals surface area contributed by atoms with Crippen LogP contribution in [0.3, 0.4) is 0 Å². The van der Waals surface area contributed by atoms with Crippen LogP contribution < -0.4 is 10.6 Å². The second-order valence-corrected chi connectivity index (χ2v) is 4.96. The van der Waals surface area contributed by atoms with Gasteiger partial charge >= 0.3 is 5.97 Å². The normalized spacial score (nSPS) is 16.1. The molecule has 1 amide bonds. The average molecular weight is 262 g/mol. The summed E-state index contributed by atoms with van der Waals surface area (Å²) in [7, 11) is 0. The maximum Gasteiger partial charge on any atom is 0.306 e. The van der Waals surface area contributed by atoms with Crippen LogP contribution in [0.15, 0.2) is 18.2 Å². The predicted octanol–water partition coefficient (Wildman–Crippen LogP) is 1.66. The van der Waals surface area contributed by atoms with E-state index < -0.39 is 11.9 Å². The van der Waals surface area contributed by atoms with Crippen molar-refractivity contribution >= 4 is 23.3 Å². The summed E-state index contributed by atoms with van der Waals surface area (Å²) in [6.45, 7) is 2.09. The Morgan fingerprint density at radius 3 is 2.89 bits per heavy atom. The lowest BCUT2D eigenvalue weighted by molar-refractivity contribution is -0.141. The number of fused-ring (bicyclic) bond motifs is 1. The highest BCUT2D eigenvalue weighted by atomic mass is 16.4. The van der Waals surface area contributed by atoms with Crippen molar-refractivity contribution in [3.8, 4) is 0 Å². The fourth-order valence-corrected chi connectivity index (χ4v) is 2.27. The molecule has 5 nitrogen and oxygen atoms in total. The van der Waals surface area contributed by atoms with Gasteiger partial charge in [0.15, 0.2) is 0 Å². The van der Waals surface area contributed by atoms with Crippen molar-refractivity contribution in [1.29, 1.82) is 0 Å². The molecule has 0 fully saturated rings. The van der Waals surface area contributed by atoms with Crippen molar-refractivity contribution in [2.45, 2.75) is 26.2 Å². The van der Waals surface area contributed by atoms with Gasteiger partial charge in [0.2, 0.25) is 5.91 Å². The Morgan fingerprint density at radius 2 is 2.21 bits per heavy atom. The molecular formula is C14H18N2O3. The summed E-state index contributed by atoms with van der Waals surface area (Å²) in [5.74, 6) is -1.23. The molecule has 0 spiro atoms. The van der Waals surface area contributed by atoms with E-state index >= 15 is 0 Å². The molecule has 0 aliphatic carbocycles. The van der Waals surface area contributed by atoms with Crippen LogP contribution in [0.25, 0.3) is 0 Å². The minimum Gasteiger partial charge on any atom is -0.481 e. The molecule has 1 heterocycles. The highest BCUT2D eigenvalue weighted by Gasteiger charge is 2.25. The average Bonchev–Trinajstić information content (AvgIpc) is 2.37. The van der Waals surface area contributed by atoms with Crippen molar-refractivity contribution < 1.29 is 14.7 Å². The molecule has 2 rings (SSSR count). The summed E-state index contributed by atoms with van der Waals surface area (Å²) < 4.78 is 0. The zero-order valence-corrected chi connectivity index (χ0v) is 10.9. The lowest BCUT2D eigenvalue weighted by atomic mass is 9.99. The van der Waals surface area contributed by atoms with E-state index in [1.165, 1.54) is 0 Å². The van der Waals surface area contributed by atoms with Gasteiger partial charge in [0, 0.05) is 24.3 Å². The number of amides is 1. The van der Waals surface area contributed by atoms with Gasteiger partial charge in [-0.25, -0.2) is 0 Å². The number of anilines is 2. The SMILES string of the molecule is CC(CCN1C(=O)CCc2cc(N)ccc21)C(=O)O. The largest absolute Gasteiger partial charge is 0.481 e. The number of hydrogen-bond donors (Lipinski definition) is 2. The first-order valence-corrected chi connectivity index (χ1v) is 6.40. The zero-order chi connectivity index (χ0) is 14.0. The van der Waals surface area contributed by atoms with E-state index in [1.807, 2.05) is 12.1 Å². The molecule has 0 saturated carbocycles. The van der Waals surface area contributed by atoms with E-state index in [0.29, 0.717) is 31.5 Å². The van der Waals surface area contributed by atoms with Gasteiger partial charge in [-0.05, 0) is 36.6 Å². The molecule has 1 unspecified atom stereocenters. The number of benzene rings is 1. The van der Waals surface area contributed by atoms with Crippen molar-refractivity contribution in [3.05, 3.63) is 23.8 Å². The molecule has 1 aromatic rings. The maximum atomic E-state index is 12.0. The number of nitrogens with two attached hydrogens (primary N) is 1. The van der Waals surface area contributed by atoms with Crippen molar-refractivity contribution in [1.82, 2.24) is 0 Å². The number of hydrogen-bond acceptors (Lipinski definition) is 3. The second kappa shape index (κ2) is 5.30. The number of aryl methyl sites for hydroxylation is 1. The minimum atomic E-state index is -0.831. The molecule has 5 heteroatoms. The Balaban J connectivity index is 2.16. The lowest BCUT2D eigenvalue weighted by Gasteiger charge is -2.30. The standard InChI is InChI=1S/C14H18N2O3/c1-9(14(18)19)6-7-16-12-4-3-11(15)8-10(12)2-5-13(16)17/h3-4,8-9H,2,5-7,15H2,1H3,(H,18,19). The van der Waals surface area contributed by atoms with Crippen molar-refractivity contribution in [2.24, 2.45) is 5.92 Å². The Bertz CT molecular complexity index is 513. The van der Waals surface area contributed by atoms with Crippen LogP contribution >= 0.6 is 0 Å². The fourth-order valence-electron chi connectivity index (χ4n) is 2.27. The molecular weight excluding hydrogens is 244 g/mol. The van der Waals surface area contributed by atoms with E-state index in [4.69, 9.17) is 10.8 Å². The first-order valence-electron chi connectivity index (χ1n) is 6.40. The number of nitrogen functional groups attached to an aromatic ring is 1. The van der Waals surface area contributed by atoms with E-state index in [0.717, 1.165) is 11.3 Å². The van der Waals surface area contributed by atoms with Crippen LogP contribution in [0.2, 0.25) is 0 Å². The van der Waals surface area contributed by atoms with Crippen molar-refractivity contribution in [2.75, 3.05) is 17.2 Å². The summed E-state index contributed by atoms with van der Waals surface area (Å²) in [6, 6.07) is 5.49. The molecule has 1 aromatic carbocycles. The van der Waals surface area contributed by atoms with Crippen LogP contribution in [0.4, 0.5) is 11.4 Å².